The molecular formula is C18H17ClN2O2. The van der Waals surface area contributed by atoms with Crippen LogP contribution in [-0.2, 0) is 17.9 Å². The highest BCUT2D eigenvalue weighted by Gasteiger charge is 2.10. The molecule has 0 saturated carbocycles. The number of benzene rings is 2. The molecule has 2 aromatic rings. The maximum absolute atomic E-state index is 10.9. The summed E-state index contributed by atoms with van der Waals surface area (Å²) in [6.07, 6.45) is 0.0680. The Bertz CT molecular complexity index is 725. The third-order valence-electron chi connectivity index (χ3n) is 3.40. The summed E-state index contributed by atoms with van der Waals surface area (Å²) in [4.78, 5) is 12.9. The summed E-state index contributed by atoms with van der Waals surface area (Å²) in [5.41, 5.74) is 2.61. The smallest absolute Gasteiger partial charge is 0.304 e. The predicted octanol–water partition coefficient (Wildman–Crippen LogP) is 3.69. The van der Waals surface area contributed by atoms with Gasteiger partial charge in [-0.15, -0.1) is 0 Å². The molecule has 2 rings (SSSR count). The second kappa shape index (κ2) is 8.33. The van der Waals surface area contributed by atoms with Gasteiger partial charge in [0.1, 0.15) is 0 Å². The first kappa shape index (κ1) is 17.0. The number of aliphatic carboxylic acids is 1. The fraction of sp³-hybridized carbons (Fsp3) is 0.222. The molecule has 0 bridgehead atoms. The summed E-state index contributed by atoms with van der Waals surface area (Å²) in [6.45, 7) is 1.61. The number of nitriles is 1. The number of hydrogen-bond acceptors (Lipinski definition) is 3. The summed E-state index contributed by atoms with van der Waals surface area (Å²) in [6, 6.07) is 17.0. The Hall–Kier alpha value is -2.35. The van der Waals surface area contributed by atoms with Gasteiger partial charge in [-0.2, -0.15) is 5.26 Å². The molecule has 0 aromatic heterocycles. The van der Waals surface area contributed by atoms with Crippen molar-refractivity contribution in [2.75, 3.05) is 6.54 Å². The number of halogens is 1. The molecule has 0 unspecified atom stereocenters. The molecule has 0 amide bonds. The SMILES string of the molecule is N#Cc1cccc(CN(CCC(=O)O)Cc2cccc(Cl)c2)c1. The van der Waals surface area contributed by atoms with E-state index in [1.807, 2.05) is 47.4 Å². The molecule has 0 heterocycles. The average molecular weight is 329 g/mol. The van der Waals surface area contributed by atoms with Gasteiger partial charge in [0.05, 0.1) is 18.1 Å². The van der Waals surface area contributed by atoms with Gasteiger partial charge in [-0.05, 0) is 35.4 Å². The normalized spacial score (nSPS) is 10.5. The molecule has 5 heteroatoms. The van der Waals surface area contributed by atoms with E-state index in [0.717, 1.165) is 11.1 Å². The third kappa shape index (κ3) is 5.74. The fourth-order valence-electron chi connectivity index (χ4n) is 2.36. The Balaban J connectivity index is 2.12. The summed E-state index contributed by atoms with van der Waals surface area (Å²) in [5, 5.41) is 18.6. The van der Waals surface area contributed by atoms with Crippen LogP contribution in [0.1, 0.15) is 23.1 Å². The number of carbonyl (C=O) groups is 1. The van der Waals surface area contributed by atoms with Gasteiger partial charge in [-0.1, -0.05) is 35.9 Å². The van der Waals surface area contributed by atoms with E-state index in [4.69, 9.17) is 22.0 Å². The zero-order chi connectivity index (χ0) is 16.7. The van der Waals surface area contributed by atoms with E-state index in [-0.39, 0.29) is 6.42 Å². The number of carboxylic acids is 1. The maximum atomic E-state index is 10.9. The molecule has 23 heavy (non-hydrogen) atoms. The van der Waals surface area contributed by atoms with Crippen molar-refractivity contribution < 1.29 is 9.90 Å². The van der Waals surface area contributed by atoms with Gasteiger partial charge in [-0.3, -0.25) is 9.69 Å². The van der Waals surface area contributed by atoms with Crippen molar-refractivity contribution in [1.82, 2.24) is 4.90 Å². The first-order valence-electron chi connectivity index (χ1n) is 7.24. The molecule has 4 nitrogen and oxygen atoms in total. The molecule has 0 aliphatic heterocycles. The van der Waals surface area contributed by atoms with Crippen LogP contribution in [0.25, 0.3) is 0 Å². The Morgan fingerprint density at radius 2 is 1.78 bits per heavy atom. The molecule has 118 valence electrons. The van der Waals surface area contributed by atoms with Gasteiger partial charge in [0.25, 0.3) is 0 Å². The highest BCUT2D eigenvalue weighted by molar-refractivity contribution is 6.30. The minimum Gasteiger partial charge on any atom is -0.481 e. The van der Waals surface area contributed by atoms with Crippen LogP contribution in [0.2, 0.25) is 5.02 Å². The van der Waals surface area contributed by atoms with Crippen molar-refractivity contribution in [3.63, 3.8) is 0 Å². The highest BCUT2D eigenvalue weighted by atomic mass is 35.5. The quantitative estimate of drug-likeness (QED) is 0.842. The van der Waals surface area contributed by atoms with Crippen LogP contribution in [0, 0.1) is 11.3 Å². The van der Waals surface area contributed by atoms with Crippen molar-refractivity contribution in [3.05, 3.63) is 70.2 Å². The zero-order valence-corrected chi connectivity index (χ0v) is 13.3. The highest BCUT2D eigenvalue weighted by Crippen LogP contribution is 2.15. The van der Waals surface area contributed by atoms with Crippen LogP contribution in [-0.4, -0.2) is 22.5 Å². The van der Waals surface area contributed by atoms with Crippen molar-refractivity contribution in [3.8, 4) is 6.07 Å². The molecule has 0 spiro atoms. The largest absolute Gasteiger partial charge is 0.481 e. The molecular weight excluding hydrogens is 312 g/mol. The average Bonchev–Trinajstić information content (AvgIpc) is 2.53. The summed E-state index contributed by atoms with van der Waals surface area (Å²) < 4.78 is 0. The van der Waals surface area contributed by atoms with Crippen LogP contribution < -0.4 is 0 Å². The lowest BCUT2D eigenvalue weighted by atomic mass is 10.1. The summed E-state index contributed by atoms with van der Waals surface area (Å²) >= 11 is 6.01. The van der Waals surface area contributed by atoms with E-state index in [2.05, 4.69) is 6.07 Å². The number of carboxylic acid groups (broad SMARTS) is 1. The van der Waals surface area contributed by atoms with Crippen LogP contribution in [0.15, 0.2) is 48.5 Å². The van der Waals surface area contributed by atoms with Crippen molar-refractivity contribution >= 4 is 17.6 Å². The monoisotopic (exact) mass is 328 g/mol. The van der Waals surface area contributed by atoms with E-state index in [0.29, 0.717) is 30.2 Å². The van der Waals surface area contributed by atoms with Gasteiger partial charge < -0.3 is 5.11 Å². The molecule has 0 saturated heterocycles. The summed E-state index contributed by atoms with van der Waals surface area (Å²) in [7, 11) is 0. The lowest BCUT2D eigenvalue weighted by Crippen LogP contribution is -2.25. The molecule has 0 aliphatic rings. The Kier molecular flexibility index (Phi) is 6.16. The van der Waals surface area contributed by atoms with E-state index in [1.165, 1.54) is 0 Å². The van der Waals surface area contributed by atoms with Crippen molar-refractivity contribution in [2.24, 2.45) is 0 Å². The second-order valence-corrected chi connectivity index (χ2v) is 5.73. The summed E-state index contributed by atoms with van der Waals surface area (Å²) in [5.74, 6) is -0.827. The minimum absolute atomic E-state index is 0.0680. The first-order chi connectivity index (χ1) is 11.1. The molecule has 0 fully saturated rings. The van der Waals surface area contributed by atoms with Gasteiger partial charge >= 0.3 is 5.97 Å². The van der Waals surface area contributed by atoms with Crippen LogP contribution >= 0.6 is 11.6 Å². The van der Waals surface area contributed by atoms with E-state index >= 15 is 0 Å². The zero-order valence-electron chi connectivity index (χ0n) is 12.6. The number of nitrogens with zero attached hydrogens (tertiary/aromatic N) is 2. The second-order valence-electron chi connectivity index (χ2n) is 5.30. The molecule has 0 atom stereocenters. The predicted molar refractivity (Wildman–Crippen MR) is 89.0 cm³/mol. The van der Waals surface area contributed by atoms with Crippen molar-refractivity contribution in [1.29, 1.82) is 5.26 Å². The van der Waals surface area contributed by atoms with Gasteiger partial charge in [-0.25, -0.2) is 0 Å². The lowest BCUT2D eigenvalue weighted by Gasteiger charge is -2.22. The number of hydrogen-bond donors (Lipinski definition) is 1. The molecule has 1 N–H and O–H groups in total. The molecule has 0 aliphatic carbocycles. The Morgan fingerprint density at radius 3 is 2.39 bits per heavy atom. The molecule has 2 aromatic carbocycles. The first-order valence-corrected chi connectivity index (χ1v) is 7.62. The van der Waals surface area contributed by atoms with Crippen LogP contribution in [0.5, 0.6) is 0 Å². The van der Waals surface area contributed by atoms with E-state index < -0.39 is 5.97 Å². The van der Waals surface area contributed by atoms with Gasteiger partial charge in [0.2, 0.25) is 0 Å². The topological polar surface area (TPSA) is 64.3 Å². The molecule has 0 radical (unpaired) electrons. The number of rotatable bonds is 7. The van der Waals surface area contributed by atoms with Crippen LogP contribution in [0.3, 0.4) is 0 Å². The maximum Gasteiger partial charge on any atom is 0.304 e. The lowest BCUT2D eigenvalue weighted by molar-refractivity contribution is -0.137. The fourth-order valence-corrected chi connectivity index (χ4v) is 2.57. The third-order valence-corrected chi connectivity index (χ3v) is 3.63. The Morgan fingerprint density at radius 1 is 1.13 bits per heavy atom. The minimum atomic E-state index is -0.827. The van der Waals surface area contributed by atoms with E-state index in [9.17, 15) is 4.79 Å². The Labute approximate surface area is 140 Å². The van der Waals surface area contributed by atoms with Gasteiger partial charge in [0, 0.05) is 24.7 Å². The van der Waals surface area contributed by atoms with E-state index in [1.54, 1.807) is 6.07 Å². The van der Waals surface area contributed by atoms with Gasteiger partial charge in [0.15, 0.2) is 0 Å². The van der Waals surface area contributed by atoms with Crippen LogP contribution in [0.4, 0.5) is 0 Å². The van der Waals surface area contributed by atoms with Crippen molar-refractivity contribution in [2.45, 2.75) is 19.5 Å². The standard InChI is InChI=1S/C18H17ClN2O2/c19-17-6-2-5-16(10-17)13-21(8-7-18(22)23)12-15-4-1-3-14(9-15)11-20/h1-6,9-10H,7-8,12-13H2,(H,22,23).